The van der Waals surface area contributed by atoms with Gasteiger partial charge in [-0.15, -0.1) is 0 Å². The lowest BCUT2D eigenvalue weighted by atomic mass is 10.2. The Bertz CT molecular complexity index is 582. The number of rotatable bonds is 4. The predicted molar refractivity (Wildman–Crippen MR) is 78.4 cm³/mol. The number of carbonyl (C=O) groups is 1. The van der Waals surface area contributed by atoms with Gasteiger partial charge in [-0.1, -0.05) is 24.3 Å². The number of nitrogens with one attached hydrogen (secondary N) is 1. The standard InChI is InChI=1S/C16H17NO3/c1-3-19-15-11-12(2)9-10-14(15)17-16(18)20-13-7-5-4-6-8-13/h4-11H,3H2,1-2H3,(H,17,18). The van der Waals surface area contributed by atoms with Crippen LogP contribution < -0.4 is 14.8 Å². The summed E-state index contributed by atoms with van der Waals surface area (Å²) < 4.78 is 10.7. The van der Waals surface area contributed by atoms with Crippen LogP contribution in [0, 0.1) is 6.92 Å². The average Bonchev–Trinajstić information content (AvgIpc) is 2.43. The number of aryl methyl sites for hydroxylation is 1. The van der Waals surface area contributed by atoms with Crippen LogP contribution >= 0.6 is 0 Å². The van der Waals surface area contributed by atoms with Crippen molar-refractivity contribution in [3.63, 3.8) is 0 Å². The molecule has 4 heteroatoms. The van der Waals surface area contributed by atoms with Gasteiger partial charge in [-0.05, 0) is 43.7 Å². The molecule has 0 saturated heterocycles. The van der Waals surface area contributed by atoms with Crippen LogP contribution in [0.1, 0.15) is 12.5 Å². The fourth-order valence-corrected chi connectivity index (χ4v) is 1.74. The van der Waals surface area contributed by atoms with Crippen molar-refractivity contribution in [3.05, 3.63) is 54.1 Å². The Morgan fingerprint density at radius 3 is 2.60 bits per heavy atom. The molecule has 0 fully saturated rings. The molecule has 1 amide bonds. The van der Waals surface area contributed by atoms with Gasteiger partial charge in [0.15, 0.2) is 0 Å². The van der Waals surface area contributed by atoms with Crippen LogP contribution in [0.5, 0.6) is 11.5 Å². The largest absolute Gasteiger partial charge is 0.492 e. The molecule has 20 heavy (non-hydrogen) atoms. The van der Waals surface area contributed by atoms with Gasteiger partial charge in [0.05, 0.1) is 12.3 Å². The van der Waals surface area contributed by atoms with Crippen molar-refractivity contribution in [2.75, 3.05) is 11.9 Å². The zero-order valence-electron chi connectivity index (χ0n) is 11.6. The van der Waals surface area contributed by atoms with Gasteiger partial charge in [-0.3, -0.25) is 5.32 Å². The Balaban J connectivity index is 2.07. The predicted octanol–water partition coefficient (Wildman–Crippen LogP) is 4.00. The van der Waals surface area contributed by atoms with Crippen molar-refractivity contribution in [2.45, 2.75) is 13.8 Å². The number of carbonyl (C=O) groups excluding carboxylic acids is 1. The summed E-state index contributed by atoms with van der Waals surface area (Å²) in [5.74, 6) is 1.13. The molecule has 0 aliphatic carbocycles. The molecule has 2 aromatic rings. The van der Waals surface area contributed by atoms with Crippen LogP contribution in [-0.2, 0) is 0 Å². The van der Waals surface area contributed by atoms with Gasteiger partial charge < -0.3 is 9.47 Å². The first kappa shape index (κ1) is 13.9. The lowest BCUT2D eigenvalue weighted by Crippen LogP contribution is -2.17. The van der Waals surface area contributed by atoms with E-state index in [9.17, 15) is 4.79 Å². The molecule has 0 saturated carbocycles. The van der Waals surface area contributed by atoms with Crippen molar-refractivity contribution in [3.8, 4) is 11.5 Å². The average molecular weight is 271 g/mol. The van der Waals surface area contributed by atoms with Crippen molar-refractivity contribution < 1.29 is 14.3 Å². The summed E-state index contributed by atoms with van der Waals surface area (Å²) in [6.07, 6.45) is -0.541. The van der Waals surface area contributed by atoms with Crippen LogP contribution in [-0.4, -0.2) is 12.7 Å². The highest BCUT2D eigenvalue weighted by atomic mass is 16.6. The minimum absolute atomic E-state index is 0.495. The van der Waals surface area contributed by atoms with Crippen LogP contribution in [0.25, 0.3) is 0 Å². The van der Waals surface area contributed by atoms with Crippen molar-refractivity contribution >= 4 is 11.8 Å². The molecular weight excluding hydrogens is 254 g/mol. The van der Waals surface area contributed by atoms with Crippen LogP contribution in [0.3, 0.4) is 0 Å². The molecule has 104 valence electrons. The molecule has 0 spiro atoms. The summed E-state index contributed by atoms with van der Waals surface area (Å²) in [4.78, 5) is 11.8. The van der Waals surface area contributed by atoms with E-state index < -0.39 is 6.09 Å². The molecule has 0 bridgehead atoms. The molecule has 0 heterocycles. The SMILES string of the molecule is CCOc1cc(C)ccc1NC(=O)Oc1ccccc1. The summed E-state index contributed by atoms with van der Waals surface area (Å²) in [5, 5.41) is 2.68. The highest BCUT2D eigenvalue weighted by Gasteiger charge is 2.09. The van der Waals surface area contributed by atoms with Gasteiger partial charge in [0, 0.05) is 0 Å². The maximum Gasteiger partial charge on any atom is 0.417 e. The number of anilines is 1. The van der Waals surface area contributed by atoms with E-state index in [0.29, 0.717) is 23.8 Å². The van der Waals surface area contributed by atoms with Gasteiger partial charge >= 0.3 is 6.09 Å². The Morgan fingerprint density at radius 2 is 1.90 bits per heavy atom. The molecule has 0 aromatic heterocycles. The number of hydrogen-bond acceptors (Lipinski definition) is 3. The van der Waals surface area contributed by atoms with Gasteiger partial charge in [0.25, 0.3) is 0 Å². The van der Waals surface area contributed by atoms with E-state index in [1.54, 1.807) is 30.3 Å². The molecule has 2 rings (SSSR count). The fourth-order valence-electron chi connectivity index (χ4n) is 1.74. The van der Waals surface area contributed by atoms with Crippen LogP contribution in [0.4, 0.5) is 10.5 Å². The third-order valence-corrected chi connectivity index (χ3v) is 2.63. The Morgan fingerprint density at radius 1 is 1.15 bits per heavy atom. The highest BCUT2D eigenvalue weighted by molar-refractivity contribution is 5.88. The summed E-state index contributed by atoms with van der Waals surface area (Å²) in [7, 11) is 0. The molecule has 0 radical (unpaired) electrons. The van der Waals surface area contributed by atoms with Crippen molar-refractivity contribution in [1.82, 2.24) is 0 Å². The first-order valence-corrected chi connectivity index (χ1v) is 6.46. The summed E-state index contributed by atoms with van der Waals surface area (Å²) in [6.45, 7) is 4.40. The van der Waals surface area contributed by atoms with E-state index in [0.717, 1.165) is 5.56 Å². The molecule has 0 aliphatic rings. The first-order chi connectivity index (χ1) is 9.69. The molecule has 1 N–H and O–H groups in total. The van der Waals surface area contributed by atoms with Gasteiger partial charge in [-0.2, -0.15) is 0 Å². The molecule has 2 aromatic carbocycles. The molecule has 0 aliphatic heterocycles. The Hall–Kier alpha value is -2.49. The topological polar surface area (TPSA) is 47.6 Å². The van der Waals surface area contributed by atoms with Crippen molar-refractivity contribution in [1.29, 1.82) is 0 Å². The van der Waals surface area contributed by atoms with Gasteiger partial charge in [0.2, 0.25) is 0 Å². The molecule has 4 nitrogen and oxygen atoms in total. The monoisotopic (exact) mass is 271 g/mol. The number of ether oxygens (including phenoxy) is 2. The fraction of sp³-hybridized carbons (Fsp3) is 0.188. The summed E-state index contributed by atoms with van der Waals surface area (Å²) in [6, 6.07) is 14.5. The highest BCUT2D eigenvalue weighted by Crippen LogP contribution is 2.26. The lowest BCUT2D eigenvalue weighted by molar-refractivity contribution is 0.215. The molecule has 0 unspecified atom stereocenters. The van der Waals surface area contributed by atoms with Crippen LogP contribution in [0.15, 0.2) is 48.5 Å². The number of amides is 1. The van der Waals surface area contributed by atoms with E-state index in [-0.39, 0.29) is 0 Å². The third kappa shape index (κ3) is 3.75. The third-order valence-electron chi connectivity index (χ3n) is 2.63. The lowest BCUT2D eigenvalue weighted by Gasteiger charge is -2.12. The van der Waals surface area contributed by atoms with E-state index >= 15 is 0 Å². The first-order valence-electron chi connectivity index (χ1n) is 6.46. The van der Waals surface area contributed by atoms with Gasteiger partial charge in [0.1, 0.15) is 11.5 Å². The second kappa shape index (κ2) is 6.61. The number of hydrogen-bond donors (Lipinski definition) is 1. The Labute approximate surface area is 118 Å². The van der Waals surface area contributed by atoms with E-state index in [1.165, 1.54) is 0 Å². The maximum atomic E-state index is 11.8. The zero-order chi connectivity index (χ0) is 14.4. The van der Waals surface area contributed by atoms with Crippen molar-refractivity contribution in [2.24, 2.45) is 0 Å². The number of benzene rings is 2. The maximum absolute atomic E-state index is 11.8. The zero-order valence-corrected chi connectivity index (χ0v) is 11.6. The summed E-state index contributed by atoms with van der Waals surface area (Å²) >= 11 is 0. The second-order valence-corrected chi connectivity index (χ2v) is 4.26. The number of para-hydroxylation sites is 1. The van der Waals surface area contributed by atoms with E-state index in [1.807, 2.05) is 32.0 Å². The van der Waals surface area contributed by atoms with Gasteiger partial charge in [-0.25, -0.2) is 4.79 Å². The Kier molecular flexibility index (Phi) is 4.60. The van der Waals surface area contributed by atoms with E-state index in [4.69, 9.17) is 9.47 Å². The van der Waals surface area contributed by atoms with Crippen LogP contribution in [0.2, 0.25) is 0 Å². The molecule has 0 atom stereocenters. The smallest absolute Gasteiger partial charge is 0.417 e. The normalized spacial score (nSPS) is 9.90. The minimum atomic E-state index is -0.541. The second-order valence-electron chi connectivity index (χ2n) is 4.26. The minimum Gasteiger partial charge on any atom is -0.492 e. The summed E-state index contributed by atoms with van der Waals surface area (Å²) in [5.41, 5.74) is 1.66. The quantitative estimate of drug-likeness (QED) is 0.914. The molecular formula is C16H17NO3. The van der Waals surface area contributed by atoms with E-state index in [2.05, 4.69) is 5.32 Å².